The molecule has 0 aromatic carbocycles. The van der Waals surface area contributed by atoms with E-state index in [0.717, 1.165) is 0 Å². The first-order valence-electron chi connectivity index (χ1n) is 0.651. The first kappa shape index (κ1) is 15.6. The summed E-state index contributed by atoms with van der Waals surface area (Å²) in [5.74, 6) is 0. The average molecular weight is 395 g/mol. The quantitative estimate of drug-likeness (QED) is 0.485. The van der Waals surface area contributed by atoms with E-state index >= 15 is 0 Å². The van der Waals surface area contributed by atoms with Crippen molar-refractivity contribution in [2.45, 2.75) is 0 Å². The molecule has 31 valence electrons. The molecule has 0 aliphatic heterocycles. The average Bonchev–Trinajstić information content (AvgIpc) is 0.811. The Kier molecular flexibility index (Phi) is 25.7. The van der Waals surface area contributed by atoms with Crippen LogP contribution in [0.2, 0.25) is 0 Å². The fourth-order valence-corrected chi connectivity index (χ4v) is 0. The van der Waals surface area contributed by atoms with E-state index < -0.39 is 9.17 Å². The van der Waals surface area contributed by atoms with Gasteiger partial charge in [-0.3, -0.25) is 4.46 Å². The van der Waals surface area contributed by atoms with Crippen LogP contribution in [0.5, 0.6) is 0 Å². The Labute approximate surface area is 83.4 Å². The van der Waals surface area contributed by atoms with Gasteiger partial charge in [0.2, 0.25) is 0 Å². The van der Waals surface area contributed by atoms with Crippen LogP contribution in [0.1, 0.15) is 0 Å². The summed E-state index contributed by atoms with van der Waals surface area (Å²) < 4.78 is 8.74. The number of hydrogen-bond donors (Lipinski definition) is 2. The van der Waals surface area contributed by atoms with Gasteiger partial charge in [-0.15, -0.1) is 0 Å². The van der Waals surface area contributed by atoms with Crippen LogP contribution in [0.15, 0.2) is 0 Å². The van der Waals surface area contributed by atoms with E-state index in [1.54, 1.807) is 0 Å². The van der Waals surface area contributed by atoms with E-state index in [2.05, 4.69) is 0 Å². The molecular weight excluding hydrogens is 393 g/mol. The second kappa shape index (κ2) is 9.84. The van der Waals surface area contributed by atoms with Gasteiger partial charge in [0.05, 0.1) is 0 Å². The van der Waals surface area contributed by atoms with Crippen LogP contribution in [0.3, 0.4) is 0 Å². The normalized spacial score (nSPS) is 4.00. The SMILES string of the molecule is O=[Si](O)O.[Hf].[La]. The van der Waals surface area contributed by atoms with E-state index in [1.807, 2.05) is 0 Å². The second-order valence-corrected chi connectivity index (χ2v) is 0.848. The van der Waals surface area contributed by atoms with Crippen molar-refractivity contribution in [2.75, 3.05) is 0 Å². The largest absolute Gasteiger partial charge is 0.761 e. The summed E-state index contributed by atoms with van der Waals surface area (Å²) in [6.45, 7) is 0. The van der Waals surface area contributed by atoms with Crippen LogP contribution in [-0.2, 0) is 30.3 Å². The van der Waals surface area contributed by atoms with Crippen molar-refractivity contribution in [3.8, 4) is 0 Å². The molecule has 0 spiro atoms. The summed E-state index contributed by atoms with van der Waals surface area (Å²) in [5.41, 5.74) is 0. The first-order chi connectivity index (χ1) is 1.73. The van der Waals surface area contributed by atoms with Gasteiger partial charge in [-0.25, -0.2) is 0 Å². The van der Waals surface area contributed by atoms with Gasteiger partial charge in [0.1, 0.15) is 0 Å². The third-order valence-electron chi connectivity index (χ3n) is 0. The van der Waals surface area contributed by atoms with Crippen molar-refractivity contribution in [2.24, 2.45) is 0 Å². The number of hydrogen-bond acceptors (Lipinski definition) is 1. The molecule has 0 atom stereocenters. The van der Waals surface area contributed by atoms with Crippen molar-refractivity contribution in [3.05, 3.63) is 0 Å². The fraction of sp³-hybridized carbons (Fsp3) is 0. The van der Waals surface area contributed by atoms with Gasteiger partial charge in [0, 0.05) is 61.4 Å². The van der Waals surface area contributed by atoms with Crippen LogP contribution in [0, 0.1) is 35.6 Å². The van der Waals surface area contributed by atoms with Crippen molar-refractivity contribution in [1.29, 1.82) is 0 Å². The van der Waals surface area contributed by atoms with Crippen molar-refractivity contribution >= 4 is 9.17 Å². The predicted molar refractivity (Wildman–Crippen MR) is 10.9 cm³/mol. The zero-order valence-corrected chi connectivity index (χ0v) is 11.1. The Balaban J connectivity index is -0.0000000450. The van der Waals surface area contributed by atoms with Gasteiger partial charge < -0.3 is 9.59 Å². The van der Waals surface area contributed by atoms with Gasteiger partial charge in [-0.05, 0) is 0 Å². The number of rotatable bonds is 0. The molecule has 6 heteroatoms. The van der Waals surface area contributed by atoms with Crippen LogP contribution >= 0.6 is 0 Å². The van der Waals surface area contributed by atoms with Gasteiger partial charge >= 0.3 is 9.17 Å². The Bertz CT molecular complexity index is 33.8. The Morgan fingerprint density at radius 2 is 1.33 bits per heavy atom. The second-order valence-electron chi connectivity index (χ2n) is 0.283. The molecule has 0 rings (SSSR count). The van der Waals surface area contributed by atoms with Crippen molar-refractivity contribution < 1.29 is 75.5 Å². The van der Waals surface area contributed by atoms with Crippen molar-refractivity contribution in [3.63, 3.8) is 0 Å². The van der Waals surface area contributed by atoms with Crippen LogP contribution in [0.4, 0.5) is 0 Å². The van der Waals surface area contributed by atoms with Crippen LogP contribution < -0.4 is 0 Å². The van der Waals surface area contributed by atoms with Crippen LogP contribution in [-0.4, -0.2) is 18.8 Å². The third-order valence-corrected chi connectivity index (χ3v) is 0. The standard InChI is InChI=1S/Hf.La.H2O3Si/c;;1-4(2)3/h;;1-2H. The minimum Gasteiger partial charge on any atom is -0.511 e. The maximum absolute atomic E-state index is 8.74. The Hall–Kier alpha value is 1.68. The first-order valence-corrected chi connectivity index (χ1v) is 1.95. The summed E-state index contributed by atoms with van der Waals surface area (Å²) in [4.78, 5) is 14.3. The molecule has 0 aliphatic carbocycles. The predicted octanol–water partition coefficient (Wildman–Crippen LogP) is -1.62. The Morgan fingerprint density at radius 3 is 1.33 bits per heavy atom. The monoisotopic (exact) mass is 397 g/mol. The molecule has 3 nitrogen and oxygen atoms in total. The van der Waals surface area contributed by atoms with E-state index in [0.29, 0.717) is 0 Å². The summed E-state index contributed by atoms with van der Waals surface area (Å²) in [6, 6.07) is 0. The van der Waals surface area contributed by atoms with Gasteiger partial charge in [0.15, 0.2) is 0 Å². The van der Waals surface area contributed by atoms with E-state index in [4.69, 9.17) is 14.1 Å². The summed E-state index contributed by atoms with van der Waals surface area (Å²) >= 11 is 0. The van der Waals surface area contributed by atoms with Gasteiger partial charge in [-0.1, -0.05) is 0 Å². The maximum atomic E-state index is 8.74. The van der Waals surface area contributed by atoms with Crippen molar-refractivity contribution in [1.82, 2.24) is 0 Å². The summed E-state index contributed by atoms with van der Waals surface area (Å²) in [5, 5.41) is 0. The summed E-state index contributed by atoms with van der Waals surface area (Å²) in [6.07, 6.45) is 0. The van der Waals surface area contributed by atoms with Gasteiger partial charge in [-0.2, -0.15) is 0 Å². The zero-order chi connectivity index (χ0) is 3.58. The van der Waals surface area contributed by atoms with E-state index in [-0.39, 0.29) is 61.4 Å². The molecular formula is H2HfLaO3Si. The Morgan fingerprint density at radius 1 is 1.33 bits per heavy atom. The third kappa shape index (κ3) is 44.0. The van der Waals surface area contributed by atoms with E-state index in [9.17, 15) is 0 Å². The molecule has 0 bridgehead atoms. The molecule has 0 aromatic rings. The smallest absolute Gasteiger partial charge is 0.511 e. The molecule has 0 aliphatic rings. The molecule has 0 heterocycles. The maximum Gasteiger partial charge on any atom is 0.761 e. The van der Waals surface area contributed by atoms with Crippen LogP contribution in [0.25, 0.3) is 0 Å². The molecule has 0 fully saturated rings. The molecule has 1 radical (unpaired) electrons. The molecule has 2 N–H and O–H groups in total. The molecule has 0 unspecified atom stereocenters. The molecule has 0 saturated carbocycles. The fourth-order valence-electron chi connectivity index (χ4n) is 0. The minimum absolute atomic E-state index is 0. The van der Waals surface area contributed by atoms with E-state index in [1.165, 1.54) is 0 Å². The summed E-state index contributed by atoms with van der Waals surface area (Å²) in [7, 11) is -3.13. The topological polar surface area (TPSA) is 57.5 Å². The molecule has 6 heavy (non-hydrogen) atoms. The zero-order valence-electron chi connectivity index (χ0n) is 2.88. The van der Waals surface area contributed by atoms with Gasteiger partial charge in [0.25, 0.3) is 0 Å². The minimum atomic E-state index is -3.13. The molecule has 0 aromatic heterocycles. The molecule has 0 saturated heterocycles. The molecule has 0 amide bonds.